The lowest BCUT2D eigenvalue weighted by Gasteiger charge is -2.33. The molecule has 20 heavy (non-hydrogen) atoms. The summed E-state index contributed by atoms with van der Waals surface area (Å²) >= 11 is 3.15. The number of piperidine rings is 1. The summed E-state index contributed by atoms with van der Waals surface area (Å²) in [6.07, 6.45) is 4.76. The van der Waals surface area contributed by atoms with Gasteiger partial charge in [0.2, 0.25) is 11.3 Å². The van der Waals surface area contributed by atoms with Crippen LogP contribution in [0.1, 0.15) is 26.7 Å². The lowest BCUT2D eigenvalue weighted by Crippen LogP contribution is -2.41. The average molecular weight is 342 g/mol. The number of nitrogens with one attached hydrogen (secondary N) is 2. The molecular formula is C14H20BrN3O2. The van der Waals surface area contributed by atoms with Crippen LogP contribution in [0.2, 0.25) is 0 Å². The molecule has 6 heteroatoms. The quantitative estimate of drug-likeness (QED) is 0.885. The second-order valence-electron chi connectivity index (χ2n) is 5.44. The second-order valence-corrected chi connectivity index (χ2v) is 6.29. The van der Waals surface area contributed by atoms with Crippen LogP contribution in [0.4, 0.5) is 5.69 Å². The summed E-state index contributed by atoms with van der Waals surface area (Å²) in [6, 6.07) is 0.520. The molecule has 2 heterocycles. The highest BCUT2D eigenvalue weighted by Gasteiger charge is 2.26. The van der Waals surface area contributed by atoms with Gasteiger partial charge in [0.25, 0.3) is 0 Å². The molecule has 1 aromatic rings. The van der Waals surface area contributed by atoms with E-state index < -0.39 is 0 Å². The van der Waals surface area contributed by atoms with E-state index >= 15 is 0 Å². The van der Waals surface area contributed by atoms with Crippen molar-refractivity contribution in [3.63, 3.8) is 0 Å². The van der Waals surface area contributed by atoms with E-state index in [-0.39, 0.29) is 17.3 Å². The van der Waals surface area contributed by atoms with Crippen LogP contribution in [0.5, 0.6) is 0 Å². The topological polar surface area (TPSA) is 65.2 Å². The monoisotopic (exact) mass is 341 g/mol. The first-order valence-corrected chi connectivity index (χ1v) is 7.70. The maximum absolute atomic E-state index is 12.2. The van der Waals surface area contributed by atoms with Gasteiger partial charge in [-0.05, 0) is 55.7 Å². The lowest BCUT2D eigenvalue weighted by molar-refractivity contribution is -0.121. The largest absolute Gasteiger partial charge is 0.365 e. The molecule has 0 atom stereocenters. The van der Waals surface area contributed by atoms with Crippen LogP contribution in [-0.4, -0.2) is 34.9 Å². The van der Waals surface area contributed by atoms with Gasteiger partial charge in [0.1, 0.15) is 5.69 Å². The van der Waals surface area contributed by atoms with Gasteiger partial charge in [-0.3, -0.25) is 9.59 Å². The molecule has 1 aromatic heterocycles. The van der Waals surface area contributed by atoms with Gasteiger partial charge in [0.15, 0.2) is 0 Å². The van der Waals surface area contributed by atoms with Gasteiger partial charge in [0.05, 0.1) is 4.47 Å². The van der Waals surface area contributed by atoms with Crippen molar-refractivity contribution in [3.05, 3.63) is 27.1 Å². The zero-order valence-corrected chi connectivity index (χ0v) is 13.4. The molecule has 2 N–H and O–H groups in total. The maximum atomic E-state index is 12.2. The van der Waals surface area contributed by atoms with Crippen molar-refractivity contribution in [1.29, 1.82) is 0 Å². The third-order valence-corrected chi connectivity index (χ3v) is 4.38. The maximum Gasteiger partial charge on any atom is 0.227 e. The number of amides is 1. The van der Waals surface area contributed by atoms with E-state index in [0.717, 1.165) is 25.9 Å². The molecule has 1 aliphatic heterocycles. The fourth-order valence-corrected chi connectivity index (χ4v) is 2.81. The minimum atomic E-state index is -0.197. The molecule has 0 aromatic carbocycles. The number of nitrogens with zero attached hydrogens (tertiary/aromatic N) is 1. The van der Waals surface area contributed by atoms with Gasteiger partial charge in [0, 0.05) is 24.4 Å². The van der Waals surface area contributed by atoms with E-state index in [1.54, 1.807) is 6.20 Å². The van der Waals surface area contributed by atoms with E-state index in [0.29, 0.717) is 16.2 Å². The molecule has 0 spiro atoms. The van der Waals surface area contributed by atoms with Gasteiger partial charge in [-0.2, -0.15) is 0 Å². The summed E-state index contributed by atoms with van der Waals surface area (Å²) in [5, 5.41) is 2.73. The minimum absolute atomic E-state index is 0.0108. The Kier molecular flexibility index (Phi) is 4.99. The second kappa shape index (κ2) is 6.54. The van der Waals surface area contributed by atoms with Gasteiger partial charge < -0.3 is 15.2 Å². The third-order valence-electron chi connectivity index (χ3n) is 3.79. The molecular weight excluding hydrogens is 322 g/mol. The molecule has 0 aliphatic carbocycles. The van der Waals surface area contributed by atoms with Crippen LogP contribution in [0, 0.1) is 5.92 Å². The molecule has 1 saturated heterocycles. The van der Waals surface area contributed by atoms with E-state index in [9.17, 15) is 9.59 Å². The Labute approximate surface area is 126 Å². The summed E-state index contributed by atoms with van der Waals surface area (Å²) in [4.78, 5) is 29.2. The number of pyridine rings is 1. The van der Waals surface area contributed by atoms with Crippen molar-refractivity contribution in [2.24, 2.45) is 5.92 Å². The zero-order valence-electron chi connectivity index (χ0n) is 11.8. The van der Waals surface area contributed by atoms with Crippen LogP contribution in [0.25, 0.3) is 0 Å². The summed E-state index contributed by atoms with van der Waals surface area (Å²) in [7, 11) is 0. The molecule has 0 radical (unpaired) electrons. The molecule has 0 unspecified atom stereocenters. The fraction of sp³-hybridized carbons (Fsp3) is 0.571. The number of hydrogen-bond acceptors (Lipinski definition) is 3. The molecule has 0 bridgehead atoms. The van der Waals surface area contributed by atoms with Gasteiger partial charge in [-0.25, -0.2) is 0 Å². The molecule has 110 valence electrons. The number of anilines is 1. The number of hydrogen-bond donors (Lipinski definition) is 2. The first kappa shape index (κ1) is 15.3. The number of halogens is 1. The number of rotatable bonds is 3. The van der Waals surface area contributed by atoms with Crippen molar-refractivity contribution in [3.8, 4) is 0 Å². The Hall–Kier alpha value is -1.14. The van der Waals surface area contributed by atoms with Crippen LogP contribution in [0.3, 0.4) is 0 Å². The van der Waals surface area contributed by atoms with Crippen LogP contribution >= 0.6 is 15.9 Å². The smallest absolute Gasteiger partial charge is 0.227 e. The molecule has 2 rings (SSSR count). The lowest BCUT2D eigenvalue weighted by atomic mass is 9.95. The van der Waals surface area contributed by atoms with Gasteiger partial charge >= 0.3 is 0 Å². The number of H-pyrrole nitrogens is 1. The Bertz CT molecular complexity index is 533. The van der Waals surface area contributed by atoms with Crippen molar-refractivity contribution < 1.29 is 4.79 Å². The Morgan fingerprint density at radius 3 is 2.65 bits per heavy atom. The van der Waals surface area contributed by atoms with Crippen molar-refractivity contribution in [1.82, 2.24) is 9.88 Å². The molecule has 5 nitrogen and oxygen atoms in total. The molecule has 1 aliphatic rings. The molecule has 0 saturated carbocycles. The van der Waals surface area contributed by atoms with Crippen molar-refractivity contribution >= 4 is 27.5 Å². The Morgan fingerprint density at radius 1 is 1.40 bits per heavy atom. The van der Waals surface area contributed by atoms with Crippen LogP contribution in [0.15, 0.2) is 21.7 Å². The highest BCUT2D eigenvalue weighted by molar-refractivity contribution is 9.10. The minimum Gasteiger partial charge on any atom is -0.365 e. The zero-order chi connectivity index (χ0) is 14.7. The SMILES string of the molecule is CC(C)N1CCC(C(=O)Nc2c[nH]cc(Br)c2=O)CC1. The third kappa shape index (κ3) is 3.49. The van der Waals surface area contributed by atoms with Crippen LogP contribution < -0.4 is 10.7 Å². The van der Waals surface area contributed by atoms with E-state index in [4.69, 9.17) is 0 Å². The Morgan fingerprint density at radius 2 is 2.05 bits per heavy atom. The van der Waals surface area contributed by atoms with Crippen molar-refractivity contribution in [2.45, 2.75) is 32.7 Å². The highest BCUT2D eigenvalue weighted by atomic mass is 79.9. The number of aromatic nitrogens is 1. The standard InChI is InChI=1S/C14H20BrN3O2/c1-9(2)18-5-3-10(4-6-18)14(20)17-12-8-16-7-11(15)13(12)19/h7-10H,3-6H2,1-2H3,(H,16,19)(H,17,20). The van der Waals surface area contributed by atoms with E-state index in [2.05, 4.69) is 45.0 Å². The summed E-state index contributed by atoms with van der Waals surface area (Å²) in [5.41, 5.74) is 0.104. The summed E-state index contributed by atoms with van der Waals surface area (Å²) in [5.74, 6) is -0.0691. The highest BCUT2D eigenvalue weighted by Crippen LogP contribution is 2.20. The first-order chi connectivity index (χ1) is 9.49. The Balaban J connectivity index is 1.96. The van der Waals surface area contributed by atoms with Crippen LogP contribution in [-0.2, 0) is 4.79 Å². The van der Waals surface area contributed by atoms with E-state index in [1.165, 1.54) is 6.20 Å². The predicted octanol–water partition coefficient (Wildman–Crippen LogP) is 2.20. The normalized spacial score (nSPS) is 17.4. The number of aromatic amines is 1. The number of carbonyl (C=O) groups is 1. The fourth-order valence-electron chi connectivity index (χ4n) is 2.46. The summed E-state index contributed by atoms with van der Waals surface area (Å²) < 4.78 is 0.421. The molecule has 1 fully saturated rings. The van der Waals surface area contributed by atoms with Gasteiger partial charge in [-0.1, -0.05) is 0 Å². The number of carbonyl (C=O) groups excluding carboxylic acids is 1. The number of likely N-dealkylation sites (tertiary alicyclic amines) is 1. The van der Waals surface area contributed by atoms with Gasteiger partial charge in [-0.15, -0.1) is 0 Å². The van der Waals surface area contributed by atoms with Crippen molar-refractivity contribution in [2.75, 3.05) is 18.4 Å². The average Bonchev–Trinajstić information content (AvgIpc) is 2.44. The predicted molar refractivity (Wildman–Crippen MR) is 82.8 cm³/mol. The van der Waals surface area contributed by atoms with E-state index in [1.807, 2.05) is 0 Å². The summed E-state index contributed by atoms with van der Waals surface area (Å²) in [6.45, 7) is 6.21. The first-order valence-electron chi connectivity index (χ1n) is 6.90. The molecule has 1 amide bonds.